The van der Waals surface area contributed by atoms with Crippen molar-refractivity contribution in [2.45, 2.75) is 49.6 Å². The third kappa shape index (κ3) is 1.39. The molecule has 2 unspecified atom stereocenters. The lowest BCUT2D eigenvalue weighted by Crippen LogP contribution is -2.47. The highest BCUT2D eigenvalue weighted by Gasteiger charge is 2.50. The van der Waals surface area contributed by atoms with Gasteiger partial charge in [-0.15, -0.1) is 0 Å². The van der Waals surface area contributed by atoms with E-state index in [4.69, 9.17) is 10.3 Å². The van der Waals surface area contributed by atoms with Crippen LogP contribution in [0.4, 0.5) is 0 Å². The summed E-state index contributed by atoms with van der Waals surface area (Å²) in [6.07, 6.45) is 5.76. The molecule has 2 atom stereocenters. The van der Waals surface area contributed by atoms with Crippen molar-refractivity contribution in [3.05, 3.63) is 11.7 Å². The molecule has 3 heterocycles. The van der Waals surface area contributed by atoms with Crippen LogP contribution in [-0.2, 0) is 5.54 Å². The second-order valence-corrected chi connectivity index (χ2v) is 5.71. The van der Waals surface area contributed by atoms with E-state index in [0.717, 1.165) is 24.7 Å². The monoisotopic (exact) mass is 234 g/mol. The highest BCUT2D eigenvalue weighted by Crippen LogP contribution is 2.42. The molecule has 4 rings (SSSR count). The SMILES string of the molecule is NC1(c2noc(C3CC3)n2)CCN2CCCC21. The third-order valence-corrected chi connectivity index (χ3v) is 4.56. The van der Waals surface area contributed by atoms with Crippen LogP contribution in [-0.4, -0.2) is 34.2 Å². The molecule has 1 saturated carbocycles. The molecule has 0 amide bonds. The van der Waals surface area contributed by atoms with Gasteiger partial charge in [0.25, 0.3) is 0 Å². The number of aromatic nitrogens is 2. The van der Waals surface area contributed by atoms with E-state index in [2.05, 4.69) is 15.0 Å². The molecule has 3 fully saturated rings. The van der Waals surface area contributed by atoms with Gasteiger partial charge in [0.05, 0.1) is 5.54 Å². The molecule has 0 radical (unpaired) electrons. The van der Waals surface area contributed by atoms with Crippen LogP contribution >= 0.6 is 0 Å². The lowest BCUT2D eigenvalue weighted by atomic mass is 9.89. The fourth-order valence-electron chi connectivity index (χ4n) is 3.35. The molecule has 0 bridgehead atoms. The molecule has 17 heavy (non-hydrogen) atoms. The number of fused-ring (bicyclic) bond motifs is 1. The highest BCUT2D eigenvalue weighted by atomic mass is 16.5. The van der Waals surface area contributed by atoms with Crippen molar-refractivity contribution >= 4 is 0 Å². The van der Waals surface area contributed by atoms with Crippen molar-refractivity contribution < 1.29 is 4.52 Å². The molecule has 1 aromatic rings. The summed E-state index contributed by atoms with van der Waals surface area (Å²) in [4.78, 5) is 7.04. The first-order chi connectivity index (χ1) is 8.27. The number of nitrogens with two attached hydrogens (primary N) is 1. The maximum absolute atomic E-state index is 6.57. The Labute approximate surface area is 100 Å². The van der Waals surface area contributed by atoms with Gasteiger partial charge in [0.15, 0.2) is 5.82 Å². The van der Waals surface area contributed by atoms with Crippen LogP contribution in [0.5, 0.6) is 0 Å². The van der Waals surface area contributed by atoms with Gasteiger partial charge >= 0.3 is 0 Å². The van der Waals surface area contributed by atoms with Crippen LogP contribution < -0.4 is 5.73 Å². The zero-order valence-corrected chi connectivity index (χ0v) is 9.93. The minimum Gasteiger partial charge on any atom is -0.339 e. The summed E-state index contributed by atoms with van der Waals surface area (Å²) in [6, 6.07) is 0.423. The largest absolute Gasteiger partial charge is 0.339 e. The van der Waals surface area contributed by atoms with E-state index < -0.39 is 0 Å². The predicted molar refractivity (Wildman–Crippen MR) is 61.4 cm³/mol. The van der Waals surface area contributed by atoms with Crippen molar-refractivity contribution in [1.29, 1.82) is 0 Å². The Kier molecular flexibility index (Phi) is 1.94. The van der Waals surface area contributed by atoms with E-state index in [0.29, 0.717) is 12.0 Å². The van der Waals surface area contributed by atoms with Crippen molar-refractivity contribution in [3.63, 3.8) is 0 Å². The molecule has 0 aromatic carbocycles. The lowest BCUT2D eigenvalue weighted by Gasteiger charge is -2.27. The Morgan fingerprint density at radius 2 is 2.18 bits per heavy atom. The van der Waals surface area contributed by atoms with Crippen LogP contribution in [0.25, 0.3) is 0 Å². The zero-order valence-electron chi connectivity index (χ0n) is 9.93. The van der Waals surface area contributed by atoms with E-state index in [9.17, 15) is 0 Å². The van der Waals surface area contributed by atoms with Gasteiger partial charge in [-0.05, 0) is 38.6 Å². The first kappa shape index (κ1) is 10.0. The van der Waals surface area contributed by atoms with E-state index >= 15 is 0 Å². The first-order valence-corrected chi connectivity index (χ1v) is 6.64. The van der Waals surface area contributed by atoms with Gasteiger partial charge in [-0.3, -0.25) is 4.90 Å². The van der Waals surface area contributed by atoms with E-state index in [1.54, 1.807) is 0 Å². The van der Waals surface area contributed by atoms with Gasteiger partial charge in [-0.25, -0.2) is 0 Å². The number of rotatable bonds is 2. The molecule has 2 N–H and O–H groups in total. The maximum Gasteiger partial charge on any atom is 0.229 e. The average molecular weight is 234 g/mol. The Bertz CT molecular complexity index is 441. The molecule has 1 aliphatic carbocycles. The fraction of sp³-hybridized carbons (Fsp3) is 0.833. The van der Waals surface area contributed by atoms with Crippen LogP contribution in [0, 0.1) is 0 Å². The van der Waals surface area contributed by atoms with Crippen molar-refractivity contribution in [1.82, 2.24) is 15.0 Å². The van der Waals surface area contributed by atoms with Crippen molar-refractivity contribution in [2.75, 3.05) is 13.1 Å². The van der Waals surface area contributed by atoms with Crippen LogP contribution in [0.2, 0.25) is 0 Å². The van der Waals surface area contributed by atoms with E-state index in [1.807, 2.05) is 0 Å². The topological polar surface area (TPSA) is 68.2 Å². The summed E-state index contributed by atoms with van der Waals surface area (Å²) in [5.41, 5.74) is 6.20. The third-order valence-electron chi connectivity index (χ3n) is 4.56. The normalized spacial score (nSPS) is 37.6. The molecule has 3 aliphatic rings. The second-order valence-electron chi connectivity index (χ2n) is 5.71. The van der Waals surface area contributed by atoms with E-state index in [1.165, 1.54) is 32.2 Å². The van der Waals surface area contributed by atoms with Gasteiger partial charge in [-0.2, -0.15) is 4.98 Å². The fourth-order valence-corrected chi connectivity index (χ4v) is 3.35. The molecule has 1 aromatic heterocycles. The summed E-state index contributed by atoms with van der Waals surface area (Å²) in [5.74, 6) is 2.07. The predicted octanol–water partition coefficient (Wildman–Crippen LogP) is 0.969. The Balaban J connectivity index is 1.67. The van der Waals surface area contributed by atoms with Crippen molar-refractivity contribution in [2.24, 2.45) is 5.73 Å². The molecule has 2 saturated heterocycles. The van der Waals surface area contributed by atoms with Crippen LogP contribution in [0.15, 0.2) is 4.52 Å². The Morgan fingerprint density at radius 1 is 1.29 bits per heavy atom. The number of hydrogen-bond donors (Lipinski definition) is 1. The van der Waals surface area contributed by atoms with Crippen LogP contribution in [0.1, 0.15) is 49.7 Å². The molecule has 5 nitrogen and oxygen atoms in total. The quantitative estimate of drug-likeness (QED) is 0.825. The minimum absolute atomic E-state index is 0.368. The second kappa shape index (κ2) is 3.29. The maximum atomic E-state index is 6.57. The zero-order chi connectivity index (χ0) is 11.5. The summed E-state index contributed by atoms with van der Waals surface area (Å²) >= 11 is 0. The molecular weight excluding hydrogens is 216 g/mol. The van der Waals surface area contributed by atoms with Gasteiger partial charge in [0, 0.05) is 18.5 Å². The summed E-state index contributed by atoms with van der Waals surface area (Å²) in [6.45, 7) is 2.26. The summed E-state index contributed by atoms with van der Waals surface area (Å²) in [5, 5.41) is 4.15. The molecular formula is C12H18N4O. The van der Waals surface area contributed by atoms with E-state index in [-0.39, 0.29) is 5.54 Å². The Morgan fingerprint density at radius 3 is 3.00 bits per heavy atom. The molecule has 5 heteroatoms. The highest BCUT2D eigenvalue weighted by molar-refractivity contribution is 5.17. The molecule has 2 aliphatic heterocycles. The van der Waals surface area contributed by atoms with Gasteiger partial charge in [0.2, 0.25) is 5.89 Å². The standard InChI is InChI=1S/C12H18N4O/c13-12(5-7-16-6-1-2-9(12)16)11-14-10(17-15-11)8-3-4-8/h8-9H,1-7,13H2. The van der Waals surface area contributed by atoms with Crippen LogP contribution in [0.3, 0.4) is 0 Å². The number of nitrogens with zero attached hydrogens (tertiary/aromatic N) is 3. The smallest absolute Gasteiger partial charge is 0.229 e. The minimum atomic E-state index is -0.368. The molecule has 92 valence electrons. The average Bonchev–Trinajstić information content (AvgIpc) is 2.82. The Hall–Kier alpha value is -0.940. The van der Waals surface area contributed by atoms with Gasteiger partial charge in [0.1, 0.15) is 0 Å². The summed E-state index contributed by atoms with van der Waals surface area (Å²) < 4.78 is 5.36. The number of hydrogen-bond acceptors (Lipinski definition) is 5. The van der Waals surface area contributed by atoms with Crippen molar-refractivity contribution in [3.8, 4) is 0 Å². The van der Waals surface area contributed by atoms with Gasteiger partial charge < -0.3 is 10.3 Å². The lowest BCUT2D eigenvalue weighted by molar-refractivity contribution is 0.252. The van der Waals surface area contributed by atoms with Gasteiger partial charge in [-0.1, -0.05) is 5.16 Å². The first-order valence-electron chi connectivity index (χ1n) is 6.64. The molecule has 0 spiro atoms. The summed E-state index contributed by atoms with van der Waals surface area (Å²) in [7, 11) is 0.